The van der Waals surface area contributed by atoms with Crippen LogP contribution >= 0.6 is 0 Å². The average Bonchev–Trinajstić information content (AvgIpc) is 2.54. The minimum absolute atomic E-state index is 0.224. The second-order valence-electron chi connectivity index (χ2n) is 7.23. The van der Waals surface area contributed by atoms with E-state index in [-0.39, 0.29) is 5.41 Å². The van der Waals surface area contributed by atoms with Crippen LogP contribution in [-0.2, 0) is 6.54 Å². The molecule has 1 aliphatic rings. The molecular formula is C22H32N2. The van der Waals surface area contributed by atoms with E-state index in [1.165, 1.54) is 28.8 Å². The first-order valence-electron chi connectivity index (χ1n) is 9.06. The van der Waals surface area contributed by atoms with Crippen molar-refractivity contribution in [1.29, 1.82) is 0 Å². The normalized spacial score (nSPS) is 17.9. The van der Waals surface area contributed by atoms with Gasteiger partial charge in [0, 0.05) is 37.8 Å². The number of rotatable bonds is 8. The van der Waals surface area contributed by atoms with Crippen molar-refractivity contribution in [3.8, 4) is 0 Å². The maximum atomic E-state index is 4.31. The van der Waals surface area contributed by atoms with E-state index >= 15 is 0 Å². The van der Waals surface area contributed by atoms with Gasteiger partial charge >= 0.3 is 0 Å². The molecule has 24 heavy (non-hydrogen) atoms. The van der Waals surface area contributed by atoms with Crippen molar-refractivity contribution in [1.82, 2.24) is 4.90 Å². The first kappa shape index (κ1) is 18.7. The zero-order chi connectivity index (χ0) is 17.6. The molecule has 2 rings (SSSR count). The monoisotopic (exact) mass is 324 g/mol. The Bertz CT molecular complexity index is 619. The summed E-state index contributed by atoms with van der Waals surface area (Å²) < 4.78 is 0. The van der Waals surface area contributed by atoms with Gasteiger partial charge in [0.25, 0.3) is 0 Å². The topological polar surface area (TPSA) is 15.6 Å². The van der Waals surface area contributed by atoms with E-state index in [4.69, 9.17) is 0 Å². The van der Waals surface area contributed by atoms with Gasteiger partial charge in [0.2, 0.25) is 0 Å². The van der Waals surface area contributed by atoms with Gasteiger partial charge in [-0.1, -0.05) is 49.8 Å². The van der Waals surface area contributed by atoms with Crippen molar-refractivity contribution < 1.29 is 0 Å². The summed E-state index contributed by atoms with van der Waals surface area (Å²) in [4.78, 5) is 6.81. The number of unbranched alkanes of at least 4 members (excludes halogenated alkanes) is 1. The Balaban J connectivity index is 1.94. The van der Waals surface area contributed by atoms with Crippen LogP contribution in [0.4, 0.5) is 0 Å². The number of hydrogen-bond acceptors (Lipinski definition) is 2. The first-order chi connectivity index (χ1) is 11.5. The minimum Gasteiger partial charge on any atom is -0.298 e. The lowest BCUT2D eigenvalue weighted by atomic mass is 9.75. The van der Waals surface area contributed by atoms with Gasteiger partial charge in [0.05, 0.1) is 0 Å². The highest BCUT2D eigenvalue weighted by molar-refractivity contribution is 5.82. The number of hydrogen-bond donors (Lipinski definition) is 0. The quantitative estimate of drug-likeness (QED) is 0.469. The van der Waals surface area contributed by atoms with Gasteiger partial charge in [-0.3, -0.25) is 9.89 Å². The molecule has 0 radical (unpaired) electrons. The molecular weight excluding hydrogens is 292 g/mol. The van der Waals surface area contributed by atoms with Crippen molar-refractivity contribution in [2.75, 3.05) is 20.1 Å². The predicted octanol–water partition coefficient (Wildman–Crippen LogP) is 5.28. The van der Waals surface area contributed by atoms with Crippen molar-refractivity contribution in [3.63, 3.8) is 0 Å². The van der Waals surface area contributed by atoms with E-state index in [1.54, 1.807) is 0 Å². The van der Waals surface area contributed by atoms with Gasteiger partial charge in [0.15, 0.2) is 0 Å². The molecule has 0 N–H and O–H groups in total. The SMILES string of the molecule is C=CC1(C/C(C)=N\C)CN(Cc2ccc(/C=C\CCC)c(C)c2)C1. The summed E-state index contributed by atoms with van der Waals surface area (Å²) in [6.45, 7) is 13.8. The molecule has 1 aromatic carbocycles. The summed E-state index contributed by atoms with van der Waals surface area (Å²) in [5.41, 5.74) is 5.55. The van der Waals surface area contributed by atoms with E-state index in [0.29, 0.717) is 0 Å². The molecule has 0 bridgehead atoms. The van der Waals surface area contributed by atoms with Crippen molar-refractivity contribution >= 4 is 11.8 Å². The number of aryl methyl sites for hydroxylation is 1. The van der Waals surface area contributed by atoms with Gasteiger partial charge in [-0.05, 0) is 43.4 Å². The number of benzene rings is 1. The summed E-state index contributed by atoms with van der Waals surface area (Å²) in [7, 11) is 1.88. The summed E-state index contributed by atoms with van der Waals surface area (Å²) in [6.07, 6.45) is 10.0. The molecule has 0 aliphatic carbocycles. The molecule has 0 amide bonds. The van der Waals surface area contributed by atoms with Crippen LogP contribution < -0.4 is 0 Å². The van der Waals surface area contributed by atoms with Crippen LogP contribution in [-0.4, -0.2) is 30.7 Å². The van der Waals surface area contributed by atoms with E-state index in [2.05, 4.69) is 73.7 Å². The zero-order valence-electron chi connectivity index (χ0n) is 15.8. The Kier molecular flexibility index (Phi) is 6.56. The van der Waals surface area contributed by atoms with E-state index in [1.807, 2.05) is 7.05 Å². The molecule has 0 aromatic heterocycles. The van der Waals surface area contributed by atoms with Crippen molar-refractivity contribution in [2.45, 2.75) is 46.6 Å². The first-order valence-corrected chi connectivity index (χ1v) is 9.06. The fourth-order valence-electron chi connectivity index (χ4n) is 3.52. The highest BCUT2D eigenvalue weighted by atomic mass is 15.2. The lowest BCUT2D eigenvalue weighted by Gasteiger charge is -2.49. The molecule has 0 unspecified atom stereocenters. The van der Waals surface area contributed by atoms with E-state index in [0.717, 1.165) is 32.5 Å². The van der Waals surface area contributed by atoms with Gasteiger partial charge in [-0.2, -0.15) is 0 Å². The molecule has 2 heteroatoms. The van der Waals surface area contributed by atoms with Crippen LogP contribution in [0.3, 0.4) is 0 Å². The standard InChI is InChI=1S/C22H32N2/c1-6-8-9-10-21-12-11-20(13-18(21)3)15-24-16-22(7-2,17-24)14-19(4)23-5/h7,9-13H,2,6,8,14-17H2,1,3-5H3/b10-9-,23-19-. The molecule has 1 aliphatic heterocycles. The fraction of sp³-hybridized carbons (Fsp3) is 0.500. The molecule has 0 atom stereocenters. The zero-order valence-corrected chi connectivity index (χ0v) is 15.8. The van der Waals surface area contributed by atoms with Crippen LogP contribution in [0, 0.1) is 12.3 Å². The number of allylic oxidation sites excluding steroid dienone is 1. The molecule has 1 aromatic rings. The number of likely N-dealkylation sites (tertiary alicyclic amines) is 1. The summed E-state index contributed by atoms with van der Waals surface area (Å²) in [5.74, 6) is 0. The van der Waals surface area contributed by atoms with Crippen LogP contribution in [0.25, 0.3) is 6.08 Å². The van der Waals surface area contributed by atoms with Crippen molar-refractivity contribution in [2.24, 2.45) is 10.4 Å². The van der Waals surface area contributed by atoms with Crippen LogP contribution in [0.15, 0.2) is 41.9 Å². The molecule has 0 saturated carbocycles. The highest BCUT2D eigenvalue weighted by Crippen LogP contribution is 2.36. The highest BCUT2D eigenvalue weighted by Gasteiger charge is 2.40. The Morgan fingerprint density at radius 2 is 2.12 bits per heavy atom. The molecule has 0 spiro atoms. The maximum absolute atomic E-state index is 4.31. The summed E-state index contributed by atoms with van der Waals surface area (Å²) >= 11 is 0. The third-order valence-electron chi connectivity index (χ3n) is 4.99. The Hall–Kier alpha value is -1.67. The smallest absolute Gasteiger partial charge is 0.0276 e. The lowest BCUT2D eigenvalue weighted by Crippen LogP contribution is -2.55. The van der Waals surface area contributed by atoms with Crippen LogP contribution in [0.5, 0.6) is 0 Å². The minimum atomic E-state index is 0.224. The fourth-order valence-corrected chi connectivity index (χ4v) is 3.52. The maximum Gasteiger partial charge on any atom is 0.0276 e. The van der Waals surface area contributed by atoms with Gasteiger partial charge in [-0.15, -0.1) is 6.58 Å². The predicted molar refractivity (Wildman–Crippen MR) is 107 cm³/mol. The number of nitrogens with zero attached hydrogens (tertiary/aromatic N) is 2. The van der Waals surface area contributed by atoms with Gasteiger partial charge < -0.3 is 0 Å². The van der Waals surface area contributed by atoms with Gasteiger partial charge in [0.1, 0.15) is 0 Å². The average molecular weight is 325 g/mol. The van der Waals surface area contributed by atoms with E-state index < -0.39 is 0 Å². The third kappa shape index (κ3) is 4.67. The Morgan fingerprint density at radius 3 is 2.71 bits per heavy atom. The van der Waals surface area contributed by atoms with E-state index in [9.17, 15) is 0 Å². The molecule has 2 nitrogen and oxygen atoms in total. The second-order valence-corrected chi connectivity index (χ2v) is 7.23. The van der Waals surface area contributed by atoms with Crippen molar-refractivity contribution in [3.05, 3.63) is 53.6 Å². The Labute approximate surface area is 148 Å². The molecule has 1 fully saturated rings. The van der Waals surface area contributed by atoms with Gasteiger partial charge in [-0.25, -0.2) is 0 Å². The molecule has 130 valence electrons. The van der Waals surface area contributed by atoms with Crippen LogP contribution in [0.1, 0.15) is 49.8 Å². The summed E-state index contributed by atoms with van der Waals surface area (Å²) in [6, 6.07) is 6.86. The van der Waals surface area contributed by atoms with Crippen LogP contribution in [0.2, 0.25) is 0 Å². The largest absolute Gasteiger partial charge is 0.298 e. The summed E-state index contributed by atoms with van der Waals surface area (Å²) in [5, 5.41) is 0. The number of aliphatic imine (C=N–C) groups is 1. The second kappa shape index (κ2) is 8.43. The molecule has 1 heterocycles. The molecule has 1 saturated heterocycles. The Morgan fingerprint density at radius 1 is 1.38 bits per heavy atom. The lowest BCUT2D eigenvalue weighted by molar-refractivity contribution is 0.0383. The third-order valence-corrected chi connectivity index (χ3v) is 4.99.